The van der Waals surface area contributed by atoms with Gasteiger partial charge in [0.05, 0.1) is 11.0 Å². The number of hydrogen-bond acceptors (Lipinski definition) is 3. The molecule has 0 bridgehead atoms. The summed E-state index contributed by atoms with van der Waals surface area (Å²) in [6.45, 7) is 8.57. The largest absolute Gasteiger partial charge is 0.491 e. The first-order valence-corrected chi connectivity index (χ1v) is 8.55. The van der Waals surface area contributed by atoms with Gasteiger partial charge in [0.25, 0.3) is 0 Å². The van der Waals surface area contributed by atoms with Crippen molar-refractivity contribution in [2.45, 2.75) is 51.2 Å². The standard InChI is InChI=1S/C15H23NO3S/c1-11(2)19-14-5-7-15(8-6-14)20(17,18)16-10-9-12(3)13(16)4/h5-8,11-13H,9-10H2,1-4H3/t12-,13-/m0/s1. The van der Waals surface area contributed by atoms with Gasteiger partial charge in [0.1, 0.15) is 5.75 Å². The van der Waals surface area contributed by atoms with E-state index in [0.717, 1.165) is 6.42 Å². The zero-order valence-electron chi connectivity index (χ0n) is 12.5. The van der Waals surface area contributed by atoms with E-state index in [1.54, 1.807) is 28.6 Å². The lowest BCUT2D eigenvalue weighted by Gasteiger charge is -2.23. The normalized spacial score (nSPS) is 24.2. The molecule has 2 atom stereocenters. The van der Waals surface area contributed by atoms with Gasteiger partial charge >= 0.3 is 0 Å². The van der Waals surface area contributed by atoms with Gasteiger partial charge in [-0.05, 0) is 57.4 Å². The second-order valence-electron chi connectivity index (χ2n) is 5.76. The summed E-state index contributed by atoms with van der Waals surface area (Å²) in [5.74, 6) is 1.11. The van der Waals surface area contributed by atoms with Gasteiger partial charge in [-0.3, -0.25) is 0 Å². The SMILES string of the molecule is CC(C)Oc1ccc(S(=O)(=O)N2CC[C@H](C)[C@@H]2C)cc1. The van der Waals surface area contributed by atoms with Gasteiger partial charge in [-0.25, -0.2) is 8.42 Å². The minimum Gasteiger partial charge on any atom is -0.491 e. The molecule has 5 heteroatoms. The highest BCUT2D eigenvalue weighted by molar-refractivity contribution is 7.89. The summed E-state index contributed by atoms with van der Waals surface area (Å²) in [6.07, 6.45) is 1.01. The Kier molecular flexibility index (Phi) is 4.39. The van der Waals surface area contributed by atoms with Crippen LogP contribution in [0.5, 0.6) is 5.75 Å². The third-order valence-electron chi connectivity index (χ3n) is 3.88. The van der Waals surface area contributed by atoms with Crippen molar-refractivity contribution in [1.82, 2.24) is 4.31 Å². The van der Waals surface area contributed by atoms with Gasteiger partial charge in [0.2, 0.25) is 10.0 Å². The van der Waals surface area contributed by atoms with Crippen LogP contribution in [0, 0.1) is 5.92 Å². The van der Waals surface area contributed by atoms with Crippen molar-refractivity contribution >= 4 is 10.0 Å². The summed E-state index contributed by atoms with van der Waals surface area (Å²) < 4.78 is 32.4. The minimum absolute atomic E-state index is 0.0617. The van der Waals surface area contributed by atoms with Crippen LogP contribution >= 0.6 is 0 Å². The molecule has 0 aliphatic carbocycles. The molecule has 1 heterocycles. The van der Waals surface area contributed by atoms with Crippen LogP contribution in [0.2, 0.25) is 0 Å². The second kappa shape index (κ2) is 5.74. The first-order chi connectivity index (χ1) is 9.32. The number of hydrogen-bond donors (Lipinski definition) is 0. The Bertz CT molecular complexity index is 551. The second-order valence-corrected chi connectivity index (χ2v) is 7.65. The molecular formula is C15H23NO3S. The Morgan fingerprint density at radius 1 is 1.20 bits per heavy atom. The highest BCUT2D eigenvalue weighted by Gasteiger charge is 2.36. The van der Waals surface area contributed by atoms with Crippen LogP contribution in [-0.4, -0.2) is 31.4 Å². The van der Waals surface area contributed by atoms with E-state index in [4.69, 9.17) is 4.74 Å². The van der Waals surface area contributed by atoms with Crippen molar-refractivity contribution in [2.24, 2.45) is 5.92 Å². The Morgan fingerprint density at radius 3 is 2.25 bits per heavy atom. The van der Waals surface area contributed by atoms with Crippen LogP contribution in [0.4, 0.5) is 0 Å². The maximum atomic E-state index is 12.6. The first-order valence-electron chi connectivity index (χ1n) is 7.11. The zero-order valence-corrected chi connectivity index (χ0v) is 13.4. The molecule has 20 heavy (non-hydrogen) atoms. The molecule has 0 spiro atoms. The summed E-state index contributed by atoms with van der Waals surface area (Å²) in [7, 11) is -3.39. The molecular weight excluding hydrogens is 274 g/mol. The fraction of sp³-hybridized carbons (Fsp3) is 0.600. The van der Waals surface area contributed by atoms with E-state index in [2.05, 4.69) is 6.92 Å². The third-order valence-corrected chi connectivity index (χ3v) is 5.89. The van der Waals surface area contributed by atoms with Crippen LogP contribution in [0.3, 0.4) is 0 Å². The lowest BCUT2D eigenvalue weighted by Crippen LogP contribution is -2.35. The molecule has 0 amide bonds. The van der Waals surface area contributed by atoms with E-state index in [9.17, 15) is 8.42 Å². The van der Waals surface area contributed by atoms with Crippen molar-refractivity contribution in [3.05, 3.63) is 24.3 Å². The van der Waals surface area contributed by atoms with Gasteiger partial charge in [0, 0.05) is 12.6 Å². The molecule has 1 aromatic carbocycles. The molecule has 0 N–H and O–H groups in total. The summed E-state index contributed by atoms with van der Waals surface area (Å²) in [4.78, 5) is 0.342. The van der Waals surface area contributed by atoms with Crippen LogP contribution in [0.1, 0.15) is 34.1 Å². The van der Waals surface area contributed by atoms with Crippen LogP contribution < -0.4 is 4.74 Å². The maximum absolute atomic E-state index is 12.6. The van der Waals surface area contributed by atoms with E-state index in [1.807, 2.05) is 20.8 Å². The molecule has 1 aromatic rings. The number of rotatable bonds is 4. The number of ether oxygens (including phenoxy) is 1. The van der Waals surface area contributed by atoms with Crippen LogP contribution in [-0.2, 0) is 10.0 Å². The number of nitrogens with zero attached hydrogens (tertiary/aromatic N) is 1. The van der Waals surface area contributed by atoms with E-state index in [0.29, 0.717) is 23.1 Å². The van der Waals surface area contributed by atoms with Gasteiger partial charge in [0.15, 0.2) is 0 Å². The molecule has 112 valence electrons. The molecule has 1 saturated heterocycles. The van der Waals surface area contributed by atoms with E-state index in [-0.39, 0.29) is 12.1 Å². The first kappa shape index (κ1) is 15.3. The van der Waals surface area contributed by atoms with Crippen molar-refractivity contribution in [3.63, 3.8) is 0 Å². The third kappa shape index (κ3) is 2.99. The van der Waals surface area contributed by atoms with Gasteiger partial charge in [-0.15, -0.1) is 0 Å². The van der Waals surface area contributed by atoms with Crippen molar-refractivity contribution in [3.8, 4) is 5.75 Å². The number of sulfonamides is 1. The van der Waals surface area contributed by atoms with E-state index >= 15 is 0 Å². The summed E-state index contributed by atoms with van der Waals surface area (Å²) in [5.41, 5.74) is 0. The van der Waals surface area contributed by atoms with Crippen molar-refractivity contribution < 1.29 is 13.2 Å². The lowest BCUT2D eigenvalue weighted by molar-refractivity contribution is 0.242. The minimum atomic E-state index is -3.39. The Morgan fingerprint density at radius 2 is 1.80 bits per heavy atom. The van der Waals surface area contributed by atoms with Crippen LogP contribution in [0.25, 0.3) is 0 Å². The molecule has 4 nitrogen and oxygen atoms in total. The maximum Gasteiger partial charge on any atom is 0.243 e. The topological polar surface area (TPSA) is 46.6 Å². The summed E-state index contributed by atoms with van der Waals surface area (Å²) in [6, 6.07) is 6.76. The summed E-state index contributed by atoms with van der Waals surface area (Å²) >= 11 is 0. The van der Waals surface area contributed by atoms with Crippen molar-refractivity contribution in [1.29, 1.82) is 0 Å². The Hall–Kier alpha value is -1.07. The molecule has 0 radical (unpaired) electrons. The molecule has 0 unspecified atom stereocenters. The average Bonchev–Trinajstić information content (AvgIpc) is 2.70. The monoisotopic (exact) mass is 297 g/mol. The highest BCUT2D eigenvalue weighted by Crippen LogP contribution is 2.30. The average molecular weight is 297 g/mol. The van der Waals surface area contributed by atoms with E-state index < -0.39 is 10.0 Å². The van der Waals surface area contributed by atoms with Crippen LogP contribution in [0.15, 0.2) is 29.2 Å². The van der Waals surface area contributed by atoms with E-state index in [1.165, 1.54) is 0 Å². The van der Waals surface area contributed by atoms with Gasteiger partial charge in [-0.1, -0.05) is 6.92 Å². The highest BCUT2D eigenvalue weighted by atomic mass is 32.2. The smallest absolute Gasteiger partial charge is 0.243 e. The molecule has 0 aromatic heterocycles. The molecule has 1 fully saturated rings. The fourth-order valence-corrected chi connectivity index (χ4v) is 4.24. The predicted octanol–water partition coefficient (Wildman–Crippen LogP) is 2.89. The molecule has 0 saturated carbocycles. The van der Waals surface area contributed by atoms with Gasteiger partial charge in [-0.2, -0.15) is 4.31 Å². The Balaban J connectivity index is 2.22. The molecule has 1 aliphatic heterocycles. The molecule has 1 aliphatic rings. The zero-order chi connectivity index (χ0) is 14.9. The summed E-state index contributed by atoms with van der Waals surface area (Å²) in [5, 5.41) is 0. The van der Waals surface area contributed by atoms with Gasteiger partial charge < -0.3 is 4.74 Å². The fourth-order valence-electron chi connectivity index (χ4n) is 2.50. The Labute approximate surface area is 121 Å². The number of benzene rings is 1. The molecule has 2 rings (SSSR count). The quantitative estimate of drug-likeness (QED) is 0.858. The predicted molar refractivity (Wildman–Crippen MR) is 79.3 cm³/mol. The van der Waals surface area contributed by atoms with Crippen molar-refractivity contribution in [2.75, 3.05) is 6.54 Å². The lowest BCUT2D eigenvalue weighted by atomic mass is 10.1.